The lowest BCUT2D eigenvalue weighted by atomic mass is 9.80. The molecule has 2 N–H and O–H groups in total. The number of nitrogens with zero attached hydrogens (tertiary/aromatic N) is 4. The number of nitrogens with one attached hydrogen (secondary N) is 2. The standard InChI is InChI=1S/C31H35F5N6O4/c32-23(33)15-45-29-21(14-46-41-29)28(44)40-27(17-3-5-31(35,36)6-4-17)22-13-42-24(38-22)7-19(12-37-42)26(16-1-2-16)39-25(43)8-18-9-30(34)10-20(18)11-30/h7,12-14,16-18,20,23,26-27H,1-6,8-11,15H2,(H,39,43)(H,40,44)/t18?,20-,26-,27+,30-/m1/s1. The average molecular weight is 651 g/mol. The average Bonchev–Trinajstić information content (AvgIpc) is 3.29. The van der Waals surface area contributed by atoms with Crippen molar-refractivity contribution in [3.05, 3.63) is 41.5 Å². The van der Waals surface area contributed by atoms with Crippen LogP contribution in [-0.2, 0) is 4.79 Å². The van der Waals surface area contributed by atoms with Crippen molar-refractivity contribution < 1.29 is 40.8 Å². The highest BCUT2D eigenvalue weighted by Gasteiger charge is 2.57. The number of fused-ring (bicyclic) bond motifs is 2. The van der Waals surface area contributed by atoms with E-state index in [0.29, 0.717) is 37.0 Å². The molecule has 5 saturated carbocycles. The summed E-state index contributed by atoms with van der Waals surface area (Å²) in [5.74, 6) is -3.87. The Labute approximate surface area is 260 Å². The largest absolute Gasteiger partial charge is 0.469 e. The number of alkyl halides is 5. The molecule has 3 aromatic heterocycles. The zero-order valence-electron chi connectivity index (χ0n) is 24.9. The second-order valence-electron chi connectivity index (χ2n) is 13.5. The smallest absolute Gasteiger partial charge is 0.272 e. The topological polar surface area (TPSA) is 124 Å². The molecule has 3 atom stereocenters. The Morgan fingerprint density at radius 1 is 1.04 bits per heavy atom. The Hall–Kier alpha value is -3.78. The van der Waals surface area contributed by atoms with Crippen LogP contribution in [0.2, 0.25) is 0 Å². The number of hydrogen-bond acceptors (Lipinski definition) is 7. The van der Waals surface area contributed by atoms with Gasteiger partial charge in [0.05, 0.1) is 30.2 Å². The Bertz CT molecular complexity index is 1590. The predicted molar refractivity (Wildman–Crippen MR) is 151 cm³/mol. The summed E-state index contributed by atoms with van der Waals surface area (Å²) in [4.78, 5) is 31.1. The number of ether oxygens (including phenoxy) is 1. The van der Waals surface area contributed by atoms with Crippen LogP contribution in [0.25, 0.3) is 5.65 Å². The van der Waals surface area contributed by atoms with Gasteiger partial charge < -0.3 is 19.9 Å². The molecular weight excluding hydrogens is 615 g/mol. The molecule has 3 aromatic rings. The minimum atomic E-state index is -2.81. The molecule has 10 nitrogen and oxygen atoms in total. The molecule has 0 saturated heterocycles. The lowest BCUT2D eigenvalue weighted by molar-refractivity contribution is -0.123. The highest BCUT2D eigenvalue weighted by molar-refractivity contribution is 5.96. The summed E-state index contributed by atoms with van der Waals surface area (Å²) in [7, 11) is 0. The van der Waals surface area contributed by atoms with Gasteiger partial charge in [-0.2, -0.15) is 5.10 Å². The van der Waals surface area contributed by atoms with Crippen molar-refractivity contribution in [3.63, 3.8) is 0 Å². The first kappa shape index (κ1) is 30.9. The van der Waals surface area contributed by atoms with E-state index >= 15 is 0 Å². The van der Waals surface area contributed by atoms with Crippen molar-refractivity contribution in [1.82, 2.24) is 30.4 Å². The first-order valence-electron chi connectivity index (χ1n) is 15.8. The summed E-state index contributed by atoms with van der Waals surface area (Å²) in [6, 6.07) is 0.715. The van der Waals surface area contributed by atoms with Crippen molar-refractivity contribution in [2.75, 3.05) is 6.61 Å². The van der Waals surface area contributed by atoms with Gasteiger partial charge in [-0.15, -0.1) is 0 Å². The molecule has 1 unspecified atom stereocenters. The van der Waals surface area contributed by atoms with Gasteiger partial charge in [-0.05, 0) is 85.4 Å². The Morgan fingerprint density at radius 2 is 1.78 bits per heavy atom. The van der Waals surface area contributed by atoms with Crippen LogP contribution in [0, 0.1) is 23.7 Å². The van der Waals surface area contributed by atoms with Crippen molar-refractivity contribution in [2.45, 2.75) is 94.3 Å². The van der Waals surface area contributed by atoms with Crippen LogP contribution in [0.15, 0.2) is 29.2 Å². The molecule has 5 fully saturated rings. The van der Waals surface area contributed by atoms with Gasteiger partial charge in [0.1, 0.15) is 17.5 Å². The summed E-state index contributed by atoms with van der Waals surface area (Å²) >= 11 is 0. The molecule has 2 amide bonds. The maximum absolute atomic E-state index is 14.4. The van der Waals surface area contributed by atoms with E-state index in [2.05, 4.69) is 20.9 Å². The number of imidazole rings is 1. The van der Waals surface area contributed by atoms with Crippen LogP contribution in [0.4, 0.5) is 22.0 Å². The quantitative estimate of drug-likeness (QED) is 0.239. The fourth-order valence-corrected chi connectivity index (χ4v) is 7.53. The van der Waals surface area contributed by atoms with Crippen LogP contribution in [-0.4, -0.2) is 56.2 Å². The second kappa shape index (κ2) is 11.8. The number of hydrogen-bond donors (Lipinski definition) is 2. The molecule has 15 heteroatoms. The Balaban J connectivity index is 1.11. The van der Waals surface area contributed by atoms with Crippen LogP contribution in [0.3, 0.4) is 0 Å². The molecule has 0 radical (unpaired) electrons. The van der Waals surface area contributed by atoms with Gasteiger partial charge in [-0.25, -0.2) is 31.5 Å². The third-order valence-corrected chi connectivity index (χ3v) is 10.1. The van der Waals surface area contributed by atoms with Gasteiger partial charge in [0.25, 0.3) is 18.2 Å². The monoisotopic (exact) mass is 650 g/mol. The zero-order chi connectivity index (χ0) is 32.2. The minimum Gasteiger partial charge on any atom is -0.469 e. The third kappa shape index (κ3) is 6.41. The maximum atomic E-state index is 14.4. The van der Waals surface area contributed by atoms with E-state index in [4.69, 9.17) is 14.2 Å². The zero-order valence-corrected chi connectivity index (χ0v) is 24.9. The third-order valence-electron chi connectivity index (χ3n) is 10.1. The molecule has 0 spiro atoms. The molecule has 5 aliphatic rings. The normalized spacial score (nSPS) is 26.9. The van der Waals surface area contributed by atoms with Crippen LogP contribution in [0.1, 0.15) is 97.9 Å². The van der Waals surface area contributed by atoms with E-state index in [1.807, 2.05) is 6.07 Å². The lowest BCUT2D eigenvalue weighted by Crippen LogP contribution is -2.37. The van der Waals surface area contributed by atoms with Gasteiger partial charge in [0, 0.05) is 19.3 Å². The summed E-state index contributed by atoms with van der Waals surface area (Å²) in [6.07, 6.45) is 4.70. The predicted octanol–water partition coefficient (Wildman–Crippen LogP) is 5.75. The van der Waals surface area contributed by atoms with Crippen molar-refractivity contribution >= 4 is 17.5 Å². The van der Waals surface area contributed by atoms with Crippen molar-refractivity contribution in [2.24, 2.45) is 23.7 Å². The molecule has 46 heavy (non-hydrogen) atoms. The van der Waals surface area contributed by atoms with Gasteiger partial charge >= 0.3 is 0 Å². The van der Waals surface area contributed by atoms with Gasteiger partial charge in [-0.3, -0.25) is 9.59 Å². The maximum Gasteiger partial charge on any atom is 0.272 e. The SMILES string of the molecule is O=C(CC1C[C@]2(F)C[C@H]1C2)N[C@@H](c1cnn2cc([C@@H](NC(=O)c3conc3OCC(F)F)C3CCC(F)(F)CC3)nc2c1)C1CC1. The lowest BCUT2D eigenvalue weighted by Gasteiger charge is -2.33. The summed E-state index contributed by atoms with van der Waals surface area (Å²) in [6.45, 7) is -0.990. The van der Waals surface area contributed by atoms with Crippen LogP contribution < -0.4 is 15.4 Å². The van der Waals surface area contributed by atoms with E-state index in [-0.39, 0.29) is 60.9 Å². The van der Waals surface area contributed by atoms with Crippen LogP contribution in [0.5, 0.6) is 5.88 Å². The van der Waals surface area contributed by atoms with Gasteiger partial charge in [0.2, 0.25) is 11.8 Å². The molecule has 0 aromatic carbocycles. The van der Waals surface area contributed by atoms with Gasteiger partial charge in [0.15, 0.2) is 12.3 Å². The Morgan fingerprint density at radius 3 is 2.46 bits per heavy atom. The number of carbonyl (C=O) groups is 2. The van der Waals surface area contributed by atoms with E-state index in [1.165, 1.54) is 4.52 Å². The fraction of sp³-hybridized carbons (Fsp3) is 0.645. The highest BCUT2D eigenvalue weighted by atomic mass is 19.3. The van der Waals surface area contributed by atoms with Crippen molar-refractivity contribution in [1.29, 1.82) is 0 Å². The molecule has 5 aliphatic carbocycles. The van der Waals surface area contributed by atoms with Crippen molar-refractivity contribution in [3.8, 4) is 5.88 Å². The Kier molecular flexibility index (Phi) is 7.90. The summed E-state index contributed by atoms with van der Waals surface area (Å²) in [5, 5.41) is 14.0. The highest BCUT2D eigenvalue weighted by Crippen LogP contribution is 2.59. The number of halogens is 5. The van der Waals surface area contributed by atoms with E-state index in [0.717, 1.165) is 24.7 Å². The van der Waals surface area contributed by atoms with Gasteiger partial charge in [-0.1, -0.05) is 0 Å². The summed E-state index contributed by atoms with van der Waals surface area (Å²) < 4.78 is 79.1. The first-order valence-corrected chi connectivity index (χ1v) is 15.8. The number of aromatic nitrogens is 4. The molecule has 2 bridgehead atoms. The molecule has 3 heterocycles. The molecular formula is C31H35F5N6O4. The molecule has 0 aliphatic heterocycles. The first-order chi connectivity index (χ1) is 22.0. The second-order valence-corrected chi connectivity index (χ2v) is 13.5. The number of amides is 2. The molecule has 248 valence electrons. The fourth-order valence-electron chi connectivity index (χ4n) is 7.53. The number of carbonyl (C=O) groups excluding carboxylic acids is 2. The number of rotatable bonds is 12. The van der Waals surface area contributed by atoms with E-state index in [1.54, 1.807) is 12.4 Å². The van der Waals surface area contributed by atoms with E-state index < -0.39 is 48.4 Å². The summed E-state index contributed by atoms with van der Waals surface area (Å²) in [5.41, 5.74) is 0.285. The minimum absolute atomic E-state index is 0.0666. The van der Waals surface area contributed by atoms with E-state index in [9.17, 15) is 31.5 Å². The molecule has 8 rings (SSSR count). The van der Waals surface area contributed by atoms with Crippen LogP contribution >= 0.6 is 0 Å².